The first-order valence-corrected chi connectivity index (χ1v) is 6.89. The van der Waals surface area contributed by atoms with E-state index in [-0.39, 0.29) is 11.7 Å². The summed E-state index contributed by atoms with van der Waals surface area (Å²) >= 11 is 5.95. The molecule has 1 heterocycles. The number of benzene rings is 1. The predicted molar refractivity (Wildman–Crippen MR) is 83.3 cm³/mol. The van der Waals surface area contributed by atoms with Crippen LogP contribution in [0.3, 0.4) is 0 Å². The quantitative estimate of drug-likeness (QED) is 0.709. The normalized spacial score (nSPS) is 10.1. The molecular formula is C14H16ClN5O. The largest absolute Gasteiger partial charge is 0.382 e. The Balaban J connectivity index is 1.71. The van der Waals surface area contributed by atoms with Crippen LogP contribution >= 0.6 is 11.6 Å². The maximum Gasteiger partial charge on any atom is 0.251 e. The molecule has 0 aliphatic rings. The van der Waals surface area contributed by atoms with Crippen molar-refractivity contribution in [1.29, 1.82) is 0 Å². The lowest BCUT2D eigenvalue weighted by molar-refractivity contribution is 0.0953. The molecule has 0 radical (unpaired) electrons. The molecule has 0 atom stereocenters. The molecule has 0 spiro atoms. The number of carbonyl (C=O) groups excluding carboxylic acids is 1. The first-order chi connectivity index (χ1) is 10.2. The zero-order valence-corrected chi connectivity index (χ0v) is 12.1. The smallest absolute Gasteiger partial charge is 0.251 e. The third-order valence-electron chi connectivity index (χ3n) is 2.78. The molecule has 0 bridgehead atoms. The molecule has 2 aromatic rings. The van der Waals surface area contributed by atoms with Gasteiger partial charge in [-0.2, -0.15) is 0 Å². The number of nitrogens with zero attached hydrogens (tertiary/aromatic N) is 2. The van der Waals surface area contributed by atoms with Crippen LogP contribution in [0, 0.1) is 0 Å². The van der Waals surface area contributed by atoms with E-state index in [2.05, 4.69) is 20.6 Å². The molecule has 0 aliphatic heterocycles. The van der Waals surface area contributed by atoms with Crippen LogP contribution in [-0.4, -0.2) is 29.0 Å². The van der Waals surface area contributed by atoms with Gasteiger partial charge in [0.25, 0.3) is 5.91 Å². The van der Waals surface area contributed by atoms with Crippen molar-refractivity contribution in [2.24, 2.45) is 0 Å². The van der Waals surface area contributed by atoms with Gasteiger partial charge in [0.05, 0.1) is 0 Å². The fourth-order valence-corrected chi connectivity index (χ4v) is 1.86. The highest BCUT2D eigenvalue weighted by Gasteiger charge is 2.06. The lowest BCUT2D eigenvalue weighted by atomic mass is 10.2. The number of nitrogens with one attached hydrogen (secondary N) is 2. The van der Waals surface area contributed by atoms with Gasteiger partial charge in [0.15, 0.2) is 0 Å². The average molecular weight is 306 g/mol. The number of nitrogens with two attached hydrogens (primary N) is 1. The molecule has 6 nitrogen and oxygen atoms in total. The summed E-state index contributed by atoms with van der Waals surface area (Å²) < 4.78 is 0. The molecule has 4 N–H and O–H groups in total. The van der Waals surface area contributed by atoms with E-state index in [1.165, 1.54) is 6.33 Å². The first-order valence-electron chi connectivity index (χ1n) is 6.51. The van der Waals surface area contributed by atoms with Crippen LogP contribution in [0.15, 0.2) is 36.7 Å². The summed E-state index contributed by atoms with van der Waals surface area (Å²) in [5.74, 6) is 0.657. The van der Waals surface area contributed by atoms with Crippen molar-refractivity contribution >= 4 is 29.1 Å². The molecule has 21 heavy (non-hydrogen) atoms. The van der Waals surface area contributed by atoms with Gasteiger partial charge < -0.3 is 16.4 Å². The highest BCUT2D eigenvalue weighted by atomic mass is 35.5. The SMILES string of the molecule is Nc1ncnc(NCCCNC(=O)c2ccccc2)c1Cl. The van der Waals surface area contributed by atoms with Crippen molar-refractivity contribution in [1.82, 2.24) is 15.3 Å². The summed E-state index contributed by atoms with van der Waals surface area (Å²) in [6.07, 6.45) is 2.08. The Morgan fingerprint density at radius 1 is 1.19 bits per heavy atom. The van der Waals surface area contributed by atoms with E-state index in [0.29, 0.717) is 29.5 Å². The highest BCUT2D eigenvalue weighted by Crippen LogP contribution is 2.22. The highest BCUT2D eigenvalue weighted by molar-refractivity contribution is 6.35. The minimum atomic E-state index is -0.0834. The Bertz CT molecular complexity index is 606. The second kappa shape index (κ2) is 7.44. The van der Waals surface area contributed by atoms with Gasteiger partial charge in [-0.3, -0.25) is 4.79 Å². The van der Waals surface area contributed by atoms with Crippen molar-refractivity contribution in [3.63, 3.8) is 0 Å². The summed E-state index contributed by atoms with van der Waals surface area (Å²) in [6.45, 7) is 1.17. The summed E-state index contributed by atoms with van der Waals surface area (Å²) in [5.41, 5.74) is 6.23. The van der Waals surface area contributed by atoms with Crippen LogP contribution in [0.5, 0.6) is 0 Å². The third-order valence-corrected chi connectivity index (χ3v) is 3.16. The Kier molecular flexibility index (Phi) is 5.34. The van der Waals surface area contributed by atoms with Crippen LogP contribution in [0.2, 0.25) is 5.02 Å². The van der Waals surface area contributed by atoms with Crippen molar-refractivity contribution in [2.75, 3.05) is 24.1 Å². The predicted octanol–water partition coefficient (Wildman–Crippen LogP) is 1.94. The second-order valence-corrected chi connectivity index (χ2v) is 4.70. The van der Waals surface area contributed by atoms with Gasteiger partial charge in [0.1, 0.15) is 23.0 Å². The van der Waals surface area contributed by atoms with Gasteiger partial charge in [0.2, 0.25) is 0 Å². The molecule has 0 unspecified atom stereocenters. The molecule has 1 amide bonds. The number of amides is 1. The molecule has 7 heteroatoms. The molecular weight excluding hydrogens is 290 g/mol. The van der Waals surface area contributed by atoms with E-state index >= 15 is 0 Å². The lowest BCUT2D eigenvalue weighted by Crippen LogP contribution is -2.25. The van der Waals surface area contributed by atoms with Crippen molar-refractivity contribution in [3.8, 4) is 0 Å². The van der Waals surface area contributed by atoms with E-state index < -0.39 is 0 Å². The third kappa shape index (κ3) is 4.32. The summed E-state index contributed by atoms with van der Waals surface area (Å²) in [6, 6.07) is 9.09. The van der Waals surface area contributed by atoms with Crippen molar-refractivity contribution < 1.29 is 4.79 Å². The molecule has 0 fully saturated rings. The second-order valence-electron chi connectivity index (χ2n) is 4.32. The number of halogens is 1. The van der Waals surface area contributed by atoms with Crippen LogP contribution in [0.4, 0.5) is 11.6 Å². The fourth-order valence-electron chi connectivity index (χ4n) is 1.70. The van der Waals surface area contributed by atoms with Crippen LogP contribution in [-0.2, 0) is 0 Å². The monoisotopic (exact) mass is 305 g/mol. The first kappa shape index (κ1) is 15.1. The van der Waals surface area contributed by atoms with Crippen LogP contribution in [0.1, 0.15) is 16.8 Å². The van der Waals surface area contributed by atoms with E-state index in [9.17, 15) is 4.79 Å². The van der Waals surface area contributed by atoms with E-state index in [1.807, 2.05) is 18.2 Å². The number of nitrogen functional groups attached to an aromatic ring is 1. The van der Waals surface area contributed by atoms with E-state index in [4.69, 9.17) is 17.3 Å². The summed E-state index contributed by atoms with van der Waals surface area (Å²) in [7, 11) is 0. The lowest BCUT2D eigenvalue weighted by Gasteiger charge is -2.08. The Labute approximate surface area is 127 Å². The topological polar surface area (TPSA) is 92.9 Å². The molecule has 2 rings (SSSR count). The number of anilines is 2. The Hall–Kier alpha value is -2.34. The number of aromatic nitrogens is 2. The Morgan fingerprint density at radius 3 is 2.71 bits per heavy atom. The van der Waals surface area contributed by atoms with Crippen LogP contribution < -0.4 is 16.4 Å². The molecule has 0 saturated carbocycles. The minimum Gasteiger partial charge on any atom is -0.382 e. The number of hydrogen-bond acceptors (Lipinski definition) is 5. The zero-order chi connectivity index (χ0) is 15.1. The standard InChI is InChI=1S/C14H16ClN5O/c15-11-12(16)19-9-20-13(11)17-7-4-8-18-14(21)10-5-2-1-3-6-10/h1-3,5-6,9H,4,7-8H2,(H,18,21)(H3,16,17,19,20). The van der Waals surface area contributed by atoms with Gasteiger partial charge in [-0.15, -0.1) is 0 Å². The number of hydrogen-bond donors (Lipinski definition) is 3. The summed E-state index contributed by atoms with van der Waals surface area (Å²) in [5, 5.41) is 6.21. The fraction of sp³-hybridized carbons (Fsp3) is 0.214. The van der Waals surface area contributed by atoms with Crippen molar-refractivity contribution in [3.05, 3.63) is 47.2 Å². The zero-order valence-electron chi connectivity index (χ0n) is 11.3. The van der Waals surface area contributed by atoms with Gasteiger partial charge >= 0.3 is 0 Å². The molecule has 110 valence electrons. The van der Waals surface area contributed by atoms with Crippen molar-refractivity contribution in [2.45, 2.75) is 6.42 Å². The average Bonchev–Trinajstić information content (AvgIpc) is 2.51. The van der Waals surface area contributed by atoms with E-state index in [0.717, 1.165) is 6.42 Å². The van der Waals surface area contributed by atoms with Gasteiger partial charge in [-0.1, -0.05) is 29.8 Å². The number of rotatable bonds is 6. The maximum atomic E-state index is 11.8. The molecule has 0 saturated heterocycles. The molecule has 1 aromatic carbocycles. The summed E-state index contributed by atoms with van der Waals surface area (Å²) in [4.78, 5) is 19.6. The van der Waals surface area contributed by atoms with Gasteiger partial charge in [-0.25, -0.2) is 9.97 Å². The van der Waals surface area contributed by atoms with Gasteiger partial charge in [-0.05, 0) is 18.6 Å². The van der Waals surface area contributed by atoms with E-state index in [1.54, 1.807) is 12.1 Å². The molecule has 0 aliphatic carbocycles. The van der Waals surface area contributed by atoms with Gasteiger partial charge in [0, 0.05) is 18.7 Å². The van der Waals surface area contributed by atoms with Crippen LogP contribution in [0.25, 0.3) is 0 Å². The number of carbonyl (C=O) groups is 1. The Morgan fingerprint density at radius 2 is 1.95 bits per heavy atom. The molecule has 1 aromatic heterocycles. The minimum absolute atomic E-state index is 0.0834. The maximum absolute atomic E-state index is 11.8.